The van der Waals surface area contributed by atoms with Gasteiger partial charge < -0.3 is 5.11 Å². The zero-order valence-corrected chi connectivity index (χ0v) is 5.91. The predicted octanol–water partition coefficient (Wildman–Crippen LogP) is 2.15. The minimum atomic E-state index is -4.53. The summed E-state index contributed by atoms with van der Waals surface area (Å²) in [6.45, 7) is 0. The lowest BCUT2D eigenvalue weighted by Crippen LogP contribution is -2.13. The molecule has 11 heavy (non-hydrogen) atoms. The molecule has 0 rings (SSSR count). The Balaban J connectivity index is 4.24. The lowest BCUT2D eigenvalue weighted by atomic mass is 10.2. The first-order valence-electron chi connectivity index (χ1n) is 2.46. The van der Waals surface area contributed by atoms with Crippen molar-refractivity contribution in [2.75, 3.05) is 0 Å². The molecule has 0 aromatic rings. The van der Waals surface area contributed by atoms with Gasteiger partial charge in [0.05, 0.1) is 12.0 Å². The summed E-state index contributed by atoms with van der Waals surface area (Å²) in [5.74, 6) is -1.66. The second kappa shape index (κ2) is 3.61. The van der Waals surface area contributed by atoms with E-state index in [1.807, 2.05) is 0 Å². The molecule has 0 heterocycles. The van der Waals surface area contributed by atoms with E-state index in [1.165, 1.54) is 0 Å². The molecule has 0 aliphatic carbocycles. The molecule has 0 aliphatic rings. The molecule has 64 valence electrons. The monoisotopic (exact) mass is 188 g/mol. The van der Waals surface area contributed by atoms with E-state index in [4.69, 9.17) is 16.7 Å². The summed E-state index contributed by atoms with van der Waals surface area (Å²) in [4.78, 5) is 9.96. The summed E-state index contributed by atoms with van der Waals surface area (Å²) in [5, 5.41) is 8.08. The molecule has 0 spiro atoms. The lowest BCUT2D eigenvalue weighted by molar-refractivity contribution is -0.142. The number of hydrogen-bond donors (Lipinski definition) is 1. The van der Waals surface area contributed by atoms with Crippen LogP contribution in [-0.2, 0) is 4.79 Å². The van der Waals surface area contributed by atoms with Crippen LogP contribution in [0.3, 0.4) is 0 Å². The van der Waals surface area contributed by atoms with Gasteiger partial charge in [0.1, 0.15) is 0 Å². The van der Waals surface area contributed by atoms with Crippen molar-refractivity contribution in [3.63, 3.8) is 0 Å². The summed E-state index contributed by atoms with van der Waals surface area (Å²) >= 11 is 4.83. The fourth-order valence-electron chi connectivity index (χ4n) is 0.377. The van der Waals surface area contributed by atoms with Crippen LogP contribution in [0.15, 0.2) is 11.1 Å². The minimum absolute atomic E-state index is 0.413. The van der Waals surface area contributed by atoms with Crippen molar-refractivity contribution < 1.29 is 23.1 Å². The van der Waals surface area contributed by atoms with Gasteiger partial charge in [0, 0.05) is 5.54 Å². The predicted molar refractivity (Wildman–Crippen MR) is 32.2 cm³/mol. The Labute approximate surface area is 65.3 Å². The van der Waals surface area contributed by atoms with Crippen molar-refractivity contribution in [2.45, 2.75) is 12.6 Å². The lowest BCUT2D eigenvalue weighted by Gasteiger charge is -2.04. The molecule has 0 aromatic carbocycles. The highest BCUT2D eigenvalue weighted by Crippen LogP contribution is 2.24. The molecular weight excluding hydrogens is 184 g/mol. The first kappa shape index (κ1) is 10.3. The van der Waals surface area contributed by atoms with E-state index in [9.17, 15) is 18.0 Å². The standard InChI is InChI=1S/C5H4ClF3O2/c6-2-3(4(10)11)1-5(7,8)9/h2H,1H2,(H,10,11)/b3-2-. The molecule has 0 radical (unpaired) electrons. The van der Waals surface area contributed by atoms with Crippen molar-refractivity contribution in [3.8, 4) is 0 Å². The third kappa shape index (κ3) is 4.66. The van der Waals surface area contributed by atoms with E-state index in [2.05, 4.69) is 0 Å². The number of carbonyl (C=O) groups is 1. The average Bonchev–Trinajstić information content (AvgIpc) is 1.80. The number of carboxylic acids is 1. The van der Waals surface area contributed by atoms with Crippen LogP contribution in [0.25, 0.3) is 0 Å². The van der Waals surface area contributed by atoms with Crippen molar-refractivity contribution in [3.05, 3.63) is 11.1 Å². The SMILES string of the molecule is O=C(O)/C(=C\Cl)CC(F)(F)F. The average molecular weight is 189 g/mol. The molecule has 0 unspecified atom stereocenters. The molecule has 6 heteroatoms. The number of carboxylic acid groups (broad SMARTS) is 1. The van der Waals surface area contributed by atoms with Gasteiger partial charge in [-0.3, -0.25) is 0 Å². The van der Waals surface area contributed by atoms with E-state index in [-0.39, 0.29) is 0 Å². The molecule has 1 N–H and O–H groups in total. The van der Waals surface area contributed by atoms with Gasteiger partial charge in [0.2, 0.25) is 0 Å². The first-order valence-corrected chi connectivity index (χ1v) is 2.90. The van der Waals surface area contributed by atoms with E-state index in [0.29, 0.717) is 5.54 Å². The fourth-order valence-corrected chi connectivity index (χ4v) is 0.547. The Kier molecular flexibility index (Phi) is 3.38. The van der Waals surface area contributed by atoms with Crippen LogP contribution in [0.2, 0.25) is 0 Å². The molecule has 0 atom stereocenters. The number of rotatable bonds is 2. The number of alkyl halides is 3. The van der Waals surface area contributed by atoms with E-state index in [1.54, 1.807) is 0 Å². The van der Waals surface area contributed by atoms with Crippen LogP contribution in [-0.4, -0.2) is 17.3 Å². The maximum Gasteiger partial charge on any atom is 0.393 e. The minimum Gasteiger partial charge on any atom is -0.478 e. The molecule has 0 saturated heterocycles. The maximum absolute atomic E-state index is 11.5. The van der Waals surface area contributed by atoms with Gasteiger partial charge in [-0.15, -0.1) is 0 Å². The molecular formula is C5H4ClF3O2. The van der Waals surface area contributed by atoms with Crippen LogP contribution in [0, 0.1) is 0 Å². The normalized spacial score (nSPS) is 13.3. The Bertz CT molecular complexity index is 185. The summed E-state index contributed by atoms with van der Waals surface area (Å²) in [6.07, 6.45) is -6.04. The van der Waals surface area contributed by atoms with Crippen LogP contribution in [0.5, 0.6) is 0 Å². The Morgan fingerprint density at radius 3 is 2.09 bits per heavy atom. The number of aliphatic carboxylic acids is 1. The second-order valence-corrected chi connectivity index (χ2v) is 1.95. The van der Waals surface area contributed by atoms with Crippen LogP contribution in [0.4, 0.5) is 13.2 Å². The molecule has 0 saturated carbocycles. The quantitative estimate of drug-likeness (QED) is 0.674. The van der Waals surface area contributed by atoms with E-state index >= 15 is 0 Å². The fraction of sp³-hybridized carbons (Fsp3) is 0.400. The van der Waals surface area contributed by atoms with Crippen molar-refractivity contribution in [1.82, 2.24) is 0 Å². The summed E-state index contributed by atoms with van der Waals surface area (Å²) in [5.41, 5.74) is -0.449. The van der Waals surface area contributed by atoms with Gasteiger partial charge in [-0.2, -0.15) is 13.2 Å². The summed E-state index contributed by atoms with van der Waals surface area (Å²) < 4.78 is 34.5. The molecule has 0 aliphatic heterocycles. The highest BCUT2D eigenvalue weighted by Gasteiger charge is 2.31. The Morgan fingerprint density at radius 2 is 2.00 bits per heavy atom. The molecule has 0 amide bonds. The molecule has 0 bridgehead atoms. The van der Waals surface area contributed by atoms with Gasteiger partial charge in [-0.25, -0.2) is 4.79 Å². The third-order valence-corrected chi connectivity index (χ3v) is 1.06. The zero-order chi connectivity index (χ0) is 9.07. The Hall–Kier alpha value is -0.710. The summed E-state index contributed by atoms with van der Waals surface area (Å²) in [7, 11) is 0. The van der Waals surface area contributed by atoms with Crippen molar-refractivity contribution in [1.29, 1.82) is 0 Å². The van der Waals surface area contributed by atoms with Crippen LogP contribution in [0.1, 0.15) is 6.42 Å². The van der Waals surface area contributed by atoms with Crippen LogP contribution < -0.4 is 0 Å². The highest BCUT2D eigenvalue weighted by atomic mass is 35.5. The topological polar surface area (TPSA) is 37.3 Å². The van der Waals surface area contributed by atoms with Gasteiger partial charge in [-0.05, 0) is 0 Å². The Morgan fingerprint density at radius 1 is 1.55 bits per heavy atom. The van der Waals surface area contributed by atoms with Crippen molar-refractivity contribution in [2.24, 2.45) is 0 Å². The maximum atomic E-state index is 11.5. The molecule has 0 fully saturated rings. The molecule has 2 nitrogen and oxygen atoms in total. The van der Waals surface area contributed by atoms with Gasteiger partial charge in [0.25, 0.3) is 0 Å². The smallest absolute Gasteiger partial charge is 0.393 e. The third-order valence-electron chi connectivity index (χ3n) is 0.797. The number of halogens is 4. The summed E-state index contributed by atoms with van der Waals surface area (Å²) in [6, 6.07) is 0. The van der Waals surface area contributed by atoms with Crippen LogP contribution >= 0.6 is 11.6 Å². The van der Waals surface area contributed by atoms with Crippen molar-refractivity contribution >= 4 is 17.6 Å². The second-order valence-electron chi connectivity index (χ2n) is 1.73. The van der Waals surface area contributed by atoms with Gasteiger partial charge in [-0.1, -0.05) is 11.6 Å². The molecule has 0 aromatic heterocycles. The van der Waals surface area contributed by atoms with E-state index in [0.717, 1.165) is 0 Å². The number of hydrogen-bond acceptors (Lipinski definition) is 1. The van der Waals surface area contributed by atoms with Gasteiger partial charge >= 0.3 is 12.1 Å². The first-order chi connectivity index (χ1) is 4.87. The highest BCUT2D eigenvalue weighted by molar-refractivity contribution is 6.27. The zero-order valence-electron chi connectivity index (χ0n) is 5.15. The van der Waals surface area contributed by atoms with E-state index < -0.39 is 24.1 Å². The largest absolute Gasteiger partial charge is 0.478 e. The van der Waals surface area contributed by atoms with Gasteiger partial charge in [0.15, 0.2) is 0 Å².